The van der Waals surface area contributed by atoms with E-state index in [2.05, 4.69) is 14.5 Å². The Bertz CT molecular complexity index is 267. The molecule has 0 saturated heterocycles. The fourth-order valence-corrected chi connectivity index (χ4v) is 0.691. The molecule has 92 valence electrons. The molecule has 0 rings (SSSR count). The van der Waals surface area contributed by atoms with Gasteiger partial charge in [-0.15, -0.1) is 30.3 Å². The lowest BCUT2D eigenvalue weighted by molar-refractivity contribution is -0.792. The van der Waals surface area contributed by atoms with E-state index < -0.39 is 34.6 Å². The second kappa shape index (κ2) is 6.97. The zero-order chi connectivity index (χ0) is 12.6. The van der Waals surface area contributed by atoms with Gasteiger partial charge in [-0.25, -0.2) is 0 Å². The van der Waals surface area contributed by atoms with E-state index in [9.17, 15) is 30.3 Å². The predicted octanol–water partition coefficient (Wildman–Crippen LogP) is -0.630. The third kappa shape index (κ3) is 8.21. The van der Waals surface area contributed by atoms with E-state index in [-0.39, 0.29) is 6.42 Å². The number of nitrogens with zero attached hydrogens (tertiary/aromatic N) is 3. The smallest absolute Gasteiger partial charge is 0.294 e. The third-order valence-electron chi connectivity index (χ3n) is 1.24. The minimum atomic E-state index is -1.31. The molecule has 12 heteroatoms. The quantitative estimate of drug-likeness (QED) is 0.378. The predicted molar refractivity (Wildman–Crippen MR) is 42.4 cm³/mol. The van der Waals surface area contributed by atoms with Crippen LogP contribution in [0.5, 0.6) is 0 Å². The third-order valence-corrected chi connectivity index (χ3v) is 1.24. The molecule has 0 radical (unpaired) electrons. The van der Waals surface area contributed by atoms with Gasteiger partial charge < -0.3 is 14.5 Å². The molecule has 0 aliphatic heterocycles. The number of hydrogen-bond acceptors (Lipinski definition) is 9. The van der Waals surface area contributed by atoms with Gasteiger partial charge in [0, 0.05) is 0 Å². The number of rotatable bonds is 9. The Balaban J connectivity index is 3.94. The Labute approximate surface area is 87.0 Å². The van der Waals surface area contributed by atoms with Crippen molar-refractivity contribution < 1.29 is 29.8 Å². The van der Waals surface area contributed by atoms with Crippen molar-refractivity contribution in [3.63, 3.8) is 0 Å². The topological polar surface area (TPSA) is 157 Å². The Kier molecular flexibility index (Phi) is 5.92. The Morgan fingerprint density at radius 3 is 1.94 bits per heavy atom. The second-order valence-corrected chi connectivity index (χ2v) is 2.32. The minimum Gasteiger partial charge on any atom is -0.314 e. The summed E-state index contributed by atoms with van der Waals surface area (Å²) in [7, 11) is 0. The molecular formula is C4H7N3O9. The molecule has 0 aliphatic rings. The molecule has 0 aliphatic carbocycles. The van der Waals surface area contributed by atoms with Gasteiger partial charge in [-0.3, -0.25) is 0 Å². The van der Waals surface area contributed by atoms with Crippen LogP contribution in [-0.4, -0.2) is 34.6 Å². The van der Waals surface area contributed by atoms with Crippen LogP contribution in [-0.2, 0) is 14.5 Å². The van der Waals surface area contributed by atoms with Gasteiger partial charge in [-0.1, -0.05) is 0 Å². The summed E-state index contributed by atoms with van der Waals surface area (Å²) < 4.78 is 0. The van der Waals surface area contributed by atoms with E-state index in [1.54, 1.807) is 0 Å². The summed E-state index contributed by atoms with van der Waals surface area (Å²) in [5, 5.41) is 26.0. The monoisotopic (exact) mass is 241 g/mol. The summed E-state index contributed by atoms with van der Waals surface area (Å²) in [6.45, 7) is -1.21. The van der Waals surface area contributed by atoms with Crippen LogP contribution in [0.2, 0.25) is 0 Å². The summed E-state index contributed by atoms with van der Waals surface area (Å²) in [6.07, 6.45) is -1.60. The summed E-state index contributed by atoms with van der Waals surface area (Å²) in [5.41, 5.74) is 0. The van der Waals surface area contributed by atoms with E-state index in [0.717, 1.165) is 0 Å². The van der Waals surface area contributed by atoms with Gasteiger partial charge in [0.2, 0.25) is 0 Å². The maximum Gasteiger partial charge on any atom is 0.294 e. The summed E-state index contributed by atoms with van der Waals surface area (Å²) >= 11 is 0. The van der Waals surface area contributed by atoms with Crippen molar-refractivity contribution in [2.24, 2.45) is 0 Å². The van der Waals surface area contributed by atoms with Gasteiger partial charge in [0.25, 0.3) is 15.3 Å². The number of hydrogen-bond donors (Lipinski definition) is 0. The minimum absolute atomic E-state index is 0.296. The van der Waals surface area contributed by atoms with Crippen molar-refractivity contribution in [2.75, 3.05) is 13.2 Å². The van der Waals surface area contributed by atoms with E-state index >= 15 is 0 Å². The van der Waals surface area contributed by atoms with Crippen molar-refractivity contribution in [1.29, 1.82) is 0 Å². The Morgan fingerprint density at radius 2 is 1.50 bits per heavy atom. The van der Waals surface area contributed by atoms with E-state index in [1.165, 1.54) is 0 Å². The zero-order valence-electron chi connectivity index (χ0n) is 7.71. The average Bonchev–Trinajstić information content (AvgIpc) is 2.12. The van der Waals surface area contributed by atoms with Gasteiger partial charge in [0.05, 0.1) is 6.61 Å². The Hall–Kier alpha value is -2.40. The molecule has 0 heterocycles. The van der Waals surface area contributed by atoms with E-state index in [4.69, 9.17) is 0 Å². The first-order valence-corrected chi connectivity index (χ1v) is 3.77. The van der Waals surface area contributed by atoms with Crippen molar-refractivity contribution >= 4 is 0 Å². The van der Waals surface area contributed by atoms with Crippen molar-refractivity contribution in [2.45, 2.75) is 12.5 Å². The highest BCUT2D eigenvalue weighted by Crippen LogP contribution is 2.01. The van der Waals surface area contributed by atoms with Crippen molar-refractivity contribution in [1.82, 2.24) is 0 Å². The van der Waals surface area contributed by atoms with Crippen LogP contribution in [0.25, 0.3) is 0 Å². The molecular weight excluding hydrogens is 234 g/mol. The molecule has 0 aromatic carbocycles. The zero-order valence-corrected chi connectivity index (χ0v) is 7.71. The fraction of sp³-hybridized carbons (Fsp3) is 1.00. The van der Waals surface area contributed by atoms with Crippen molar-refractivity contribution in [3.8, 4) is 0 Å². The standard InChI is InChI=1S/C4H7N3O9/c8-5(9)14-2-1-4(16-7(12)13)3-15-6(10)11/h4H,1-3H2/t4-/m0/s1. The molecule has 0 unspecified atom stereocenters. The highest BCUT2D eigenvalue weighted by atomic mass is 17.0. The largest absolute Gasteiger partial charge is 0.314 e. The van der Waals surface area contributed by atoms with Crippen LogP contribution in [0, 0.1) is 30.3 Å². The van der Waals surface area contributed by atoms with Gasteiger partial charge in [0.1, 0.15) is 12.7 Å². The molecule has 12 nitrogen and oxygen atoms in total. The Morgan fingerprint density at radius 1 is 0.938 bits per heavy atom. The maximum absolute atomic E-state index is 9.93. The normalized spacial score (nSPS) is 11.2. The van der Waals surface area contributed by atoms with Gasteiger partial charge in [0.15, 0.2) is 0 Å². The molecule has 0 aromatic rings. The summed E-state index contributed by atoms with van der Waals surface area (Å²) in [4.78, 5) is 41.1. The molecule has 0 amide bonds. The molecule has 1 atom stereocenters. The van der Waals surface area contributed by atoms with Crippen LogP contribution in [0.3, 0.4) is 0 Å². The molecule has 0 aromatic heterocycles. The maximum atomic E-state index is 9.93. The van der Waals surface area contributed by atoms with Gasteiger partial charge in [-0.05, 0) is 6.42 Å². The first kappa shape index (κ1) is 13.6. The van der Waals surface area contributed by atoms with Gasteiger partial charge in [-0.2, -0.15) is 0 Å². The first-order chi connectivity index (χ1) is 7.41. The molecule has 0 fully saturated rings. The first-order valence-electron chi connectivity index (χ1n) is 3.77. The second-order valence-electron chi connectivity index (χ2n) is 2.32. The molecule has 0 saturated carbocycles. The molecule has 0 bridgehead atoms. The lowest BCUT2D eigenvalue weighted by atomic mass is 10.3. The highest BCUT2D eigenvalue weighted by molar-refractivity contribution is 4.52. The van der Waals surface area contributed by atoms with Crippen LogP contribution >= 0.6 is 0 Å². The summed E-state index contributed by atoms with van der Waals surface area (Å²) in [5.74, 6) is 0. The highest BCUT2D eigenvalue weighted by Gasteiger charge is 2.16. The summed E-state index contributed by atoms with van der Waals surface area (Å²) in [6, 6.07) is 0. The molecule has 0 N–H and O–H groups in total. The van der Waals surface area contributed by atoms with E-state index in [1.807, 2.05) is 0 Å². The fourth-order valence-electron chi connectivity index (χ4n) is 0.691. The van der Waals surface area contributed by atoms with Crippen molar-refractivity contribution in [3.05, 3.63) is 30.3 Å². The average molecular weight is 241 g/mol. The molecule has 0 spiro atoms. The lowest BCUT2D eigenvalue weighted by Crippen LogP contribution is -2.26. The SMILES string of the molecule is O=[N+]([O-])OCC[C@@H](CO[N+](=O)[O-])O[N+](=O)[O-]. The van der Waals surface area contributed by atoms with Crippen LogP contribution in [0.4, 0.5) is 0 Å². The lowest BCUT2D eigenvalue weighted by Gasteiger charge is -2.12. The van der Waals surface area contributed by atoms with E-state index in [0.29, 0.717) is 0 Å². The van der Waals surface area contributed by atoms with Gasteiger partial charge >= 0.3 is 0 Å². The molecule has 16 heavy (non-hydrogen) atoms. The van der Waals surface area contributed by atoms with Crippen LogP contribution < -0.4 is 0 Å². The van der Waals surface area contributed by atoms with Crippen LogP contribution in [0.15, 0.2) is 0 Å². The van der Waals surface area contributed by atoms with Crippen LogP contribution in [0.1, 0.15) is 6.42 Å².